The molecule has 0 aliphatic carbocycles. The van der Waals surface area contributed by atoms with Crippen molar-refractivity contribution in [1.82, 2.24) is 9.97 Å². The quantitative estimate of drug-likeness (QED) is 0.225. The highest BCUT2D eigenvalue weighted by atomic mass is 127. The minimum Gasteiger partial charge on any atom is -0.454 e. The normalized spacial score (nSPS) is 12.0. The minimum atomic E-state index is -0.343. The summed E-state index contributed by atoms with van der Waals surface area (Å²) in [6, 6.07) is 17.5. The van der Waals surface area contributed by atoms with Crippen molar-refractivity contribution in [3.63, 3.8) is 0 Å². The monoisotopic (exact) mass is 577 g/mol. The SMILES string of the molecule is Cc1cc([C@@H](C)Nc2cccnc2-c2ccccc2F)c2oc(-c3cccnc3)c(I)c(=O)c2c1. The highest BCUT2D eigenvalue weighted by molar-refractivity contribution is 14.1. The minimum absolute atomic E-state index is 0.0868. The maximum atomic E-state index is 14.5. The topological polar surface area (TPSA) is 68.0 Å². The number of pyridine rings is 2. The van der Waals surface area contributed by atoms with E-state index < -0.39 is 0 Å². The fourth-order valence-electron chi connectivity index (χ4n) is 4.16. The van der Waals surface area contributed by atoms with Crippen molar-refractivity contribution in [2.24, 2.45) is 0 Å². The molecule has 35 heavy (non-hydrogen) atoms. The van der Waals surface area contributed by atoms with Crippen LogP contribution in [0.15, 0.2) is 88.5 Å². The third kappa shape index (κ3) is 4.43. The van der Waals surface area contributed by atoms with Crippen molar-refractivity contribution in [3.05, 3.63) is 110 Å². The Kier molecular flexibility index (Phi) is 6.34. The first kappa shape index (κ1) is 23.2. The first-order valence-electron chi connectivity index (χ1n) is 11.1. The van der Waals surface area contributed by atoms with Gasteiger partial charge in [0.05, 0.1) is 22.8 Å². The molecular weight excluding hydrogens is 556 g/mol. The van der Waals surface area contributed by atoms with Gasteiger partial charge in [-0.25, -0.2) is 4.39 Å². The Balaban J connectivity index is 1.64. The third-order valence-electron chi connectivity index (χ3n) is 5.81. The van der Waals surface area contributed by atoms with E-state index in [2.05, 4.69) is 15.3 Å². The average Bonchev–Trinajstić information content (AvgIpc) is 2.87. The standard InChI is InChI=1S/C28H21FIN3O2/c1-16-13-20(17(2)33-23-10-6-12-32-25(23)19-8-3-4-9-22(19)29)28-21(14-16)26(34)24(30)27(35-28)18-7-5-11-31-15-18/h3-15,17,33H,1-2H3/t17-/m1/s1. The van der Waals surface area contributed by atoms with E-state index in [1.54, 1.807) is 42.9 Å². The average molecular weight is 577 g/mol. The number of nitrogens with zero attached hydrogens (tertiary/aromatic N) is 2. The Labute approximate surface area is 215 Å². The molecule has 0 saturated carbocycles. The van der Waals surface area contributed by atoms with Gasteiger partial charge in [-0.15, -0.1) is 0 Å². The molecule has 0 fully saturated rings. The van der Waals surface area contributed by atoms with Crippen molar-refractivity contribution in [3.8, 4) is 22.6 Å². The number of benzene rings is 2. The van der Waals surface area contributed by atoms with Gasteiger partial charge in [0.1, 0.15) is 15.0 Å². The van der Waals surface area contributed by atoms with E-state index in [9.17, 15) is 9.18 Å². The number of nitrogens with one attached hydrogen (secondary N) is 1. The summed E-state index contributed by atoms with van der Waals surface area (Å²) in [5.74, 6) is 0.145. The van der Waals surface area contributed by atoms with Crippen LogP contribution in [-0.4, -0.2) is 9.97 Å². The molecular formula is C28H21FIN3O2. The van der Waals surface area contributed by atoms with Gasteiger partial charge in [-0.1, -0.05) is 18.2 Å². The van der Waals surface area contributed by atoms with Gasteiger partial charge >= 0.3 is 0 Å². The van der Waals surface area contributed by atoms with Crippen LogP contribution < -0.4 is 10.7 Å². The van der Waals surface area contributed by atoms with E-state index in [1.165, 1.54) is 6.07 Å². The van der Waals surface area contributed by atoms with Gasteiger partial charge in [-0.3, -0.25) is 14.8 Å². The number of aryl methyl sites for hydroxylation is 1. The van der Waals surface area contributed by atoms with Crippen molar-refractivity contribution < 1.29 is 8.81 Å². The predicted octanol–water partition coefficient (Wildman–Crippen LogP) is 7.14. The summed E-state index contributed by atoms with van der Waals surface area (Å²) in [6.45, 7) is 3.93. The molecule has 7 heteroatoms. The zero-order valence-corrected chi connectivity index (χ0v) is 21.2. The van der Waals surface area contributed by atoms with Gasteiger partial charge < -0.3 is 9.73 Å². The van der Waals surface area contributed by atoms with Crippen LogP contribution in [0, 0.1) is 16.3 Å². The lowest BCUT2D eigenvalue weighted by Gasteiger charge is -2.20. The summed E-state index contributed by atoms with van der Waals surface area (Å²) in [6.07, 6.45) is 5.00. The first-order valence-corrected chi connectivity index (χ1v) is 12.2. The van der Waals surface area contributed by atoms with Gasteiger partial charge in [-0.2, -0.15) is 0 Å². The van der Waals surface area contributed by atoms with Gasteiger partial charge in [0, 0.05) is 35.3 Å². The van der Waals surface area contributed by atoms with Crippen LogP contribution in [0.1, 0.15) is 24.1 Å². The van der Waals surface area contributed by atoms with E-state index in [0.717, 1.165) is 16.7 Å². The summed E-state index contributed by atoms with van der Waals surface area (Å²) >= 11 is 2.04. The zero-order chi connectivity index (χ0) is 24.5. The number of aromatic nitrogens is 2. The van der Waals surface area contributed by atoms with Crippen molar-refractivity contribution >= 4 is 39.2 Å². The van der Waals surface area contributed by atoms with Gasteiger partial charge in [0.2, 0.25) is 5.43 Å². The van der Waals surface area contributed by atoms with E-state index in [1.807, 2.05) is 66.8 Å². The Morgan fingerprint density at radius 2 is 1.86 bits per heavy atom. The molecule has 0 aliphatic rings. The van der Waals surface area contributed by atoms with Gasteiger partial charge in [-0.05, 0) is 84.5 Å². The van der Waals surface area contributed by atoms with Crippen LogP contribution in [0.25, 0.3) is 33.6 Å². The van der Waals surface area contributed by atoms with Crippen LogP contribution in [-0.2, 0) is 0 Å². The van der Waals surface area contributed by atoms with Crippen LogP contribution in [0.3, 0.4) is 0 Å². The zero-order valence-electron chi connectivity index (χ0n) is 19.0. The molecule has 3 heterocycles. The summed E-state index contributed by atoms with van der Waals surface area (Å²) in [5.41, 5.74) is 4.53. The van der Waals surface area contributed by atoms with E-state index in [4.69, 9.17) is 4.42 Å². The molecule has 0 spiro atoms. The lowest BCUT2D eigenvalue weighted by atomic mass is 10.00. The van der Waals surface area contributed by atoms with Gasteiger partial charge in [0.25, 0.3) is 0 Å². The molecule has 0 saturated heterocycles. The largest absolute Gasteiger partial charge is 0.454 e. The molecule has 2 aromatic carbocycles. The highest BCUT2D eigenvalue weighted by Gasteiger charge is 2.21. The first-order chi connectivity index (χ1) is 16.9. The smallest absolute Gasteiger partial charge is 0.206 e. The Morgan fingerprint density at radius 3 is 2.63 bits per heavy atom. The van der Waals surface area contributed by atoms with Crippen LogP contribution in [0.4, 0.5) is 10.1 Å². The summed E-state index contributed by atoms with van der Waals surface area (Å²) in [5, 5.41) is 3.98. The van der Waals surface area contributed by atoms with E-state index in [0.29, 0.717) is 37.2 Å². The molecule has 0 unspecified atom stereocenters. The van der Waals surface area contributed by atoms with Crippen LogP contribution in [0.5, 0.6) is 0 Å². The fraction of sp³-hybridized carbons (Fsp3) is 0.107. The van der Waals surface area contributed by atoms with Crippen LogP contribution >= 0.6 is 22.6 Å². The Bertz CT molecular complexity index is 1600. The molecule has 5 rings (SSSR count). The lowest BCUT2D eigenvalue weighted by Crippen LogP contribution is -2.13. The Hall–Kier alpha value is -3.59. The second-order valence-electron chi connectivity index (χ2n) is 8.29. The number of hydrogen-bond donors (Lipinski definition) is 1. The van der Waals surface area contributed by atoms with Crippen molar-refractivity contribution in [2.75, 3.05) is 5.32 Å². The molecule has 5 nitrogen and oxygen atoms in total. The molecule has 1 N–H and O–H groups in total. The van der Waals surface area contributed by atoms with Crippen molar-refractivity contribution in [1.29, 1.82) is 0 Å². The highest BCUT2D eigenvalue weighted by Crippen LogP contribution is 2.34. The number of anilines is 1. The lowest BCUT2D eigenvalue weighted by molar-refractivity contribution is 0.606. The third-order valence-corrected chi connectivity index (χ3v) is 6.79. The number of hydrogen-bond acceptors (Lipinski definition) is 5. The summed E-state index contributed by atoms with van der Waals surface area (Å²) in [7, 11) is 0. The number of halogens is 2. The second-order valence-corrected chi connectivity index (χ2v) is 9.37. The maximum absolute atomic E-state index is 14.5. The van der Waals surface area contributed by atoms with E-state index >= 15 is 0 Å². The van der Waals surface area contributed by atoms with Crippen molar-refractivity contribution in [2.45, 2.75) is 19.9 Å². The maximum Gasteiger partial charge on any atom is 0.206 e. The molecule has 174 valence electrons. The van der Waals surface area contributed by atoms with E-state index in [-0.39, 0.29) is 17.3 Å². The predicted molar refractivity (Wildman–Crippen MR) is 145 cm³/mol. The molecule has 5 aromatic rings. The molecule has 1 atom stereocenters. The number of fused-ring (bicyclic) bond motifs is 1. The summed E-state index contributed by atoms with van der Waals surface area (Å²) < 4.78 is 21.4. The van der Waals surface area contributed by atoms with Crippen LogP contribution in [0.2, 0.25) is 0 Å². The fourth-order valence-corrected chi connectivity index (χ4v) is 4.87. The second kappa shape index (κ2) is 9.58. The molecule has 0 aliphatic heterocycles. The van der Waals surface area contributed by atoms with Gasteiger partial charge in [0.15, 0.2) is 5.76 Å². The molecule has 0 radical (unpaired) electrons. The summed E-state index contributed by atoms with van der Waals surface area (Å²) in [4.78, 5) is 21.9. The molecule has 0 amide bonds. The Morgan fingerprint density at radius 1 is 1.06 bits per heavy atom. The molecule has 3 aromatic heterocycles. The number of rotatable bonds is 5. The molecule has 0 bridgehead atoms.